The van der Waals surface area contributed by atoms with Gasteiger partial charge in [-0.3, -0.25) is 9.59 Å². The second-order valence-electron chi connectivity index (χ2n) is 6.88. The third-order valence-electron chi connectivity index (χ3n) is 4.83. The minimum Gasteiger partial charge on any atom is -0.354 e. The Balaban J connectivity index is 1.86. The van der Waals surface area contributed by atoms with Gasteiger partial charge in [-0.15, -0.1) is 0 Å². The molecule has 4 heteroatoms. The summed E-state index contributed by atoms with van der Waals surface area (Å²) in [6, 6.07) is 8.37. The molecule has 2 N–H and O–H groups in total. The van der Waals surface area contributed by atoms with Crippen molar-refractivity contribution in [2.45, 2.75) is 46.6 Å². The van der Waals surface area contributed by atoms with Crippen molar-refractivity contribution < 1.29 is 9.59 Å². The molecule has 1 aromatic heterocycles. The summed E-state index contributed by atoms with van der Waals surface area (Å²) in [5.41, 5.74) is 4.96. The lowest BCUT2D eigenvalue weighted by Crippen LogP contribution is -2.30. The van der Waals surface area contributed by atoms with E-state index in [0.717, 1.165) is 29.7 Å². The van der Waals surface area contributed by atoms with E-state index in [2.05, 4.69) is 41.5 Å². The first kappa shape index (κ1) is 16.5. The lowest BCUT2D eigenvalue weighted by molar-refractivity contribution is 0.0926. The van der Waals surface area contributed by atoms with Crippen molar-refractivity contribution in [2.24, 2.45) is 5.92 Å². The van der Waals surface area contributed by atoms with Gasteiger partial charge < -0.3 is 10.3 Å². The number of nitrogens with one attached hydrogen (secondary N) is 2. The number of amides is 1. The maximum absolute atomic E-state index is 12.8. The number of rotatable bonds is 5. The number of ketones is 1. The van der Waals surface area contributed by atoms with Crippen LogP contribution in [-0.2, 0) is 0 Å². The van der Waals surface area contributed by atoms with E-state index >= 15 is 0 Å². The van der Waals surface area contributed by atoms with Crippen molar-refractivity contribution in [1.82, 2.24) is 10.3 Å². The van der Waals surface area contributed by atoms with E-state index in [-0.39, 0.29) is 17.7 Å². The van der Waals surface area contributed by atoms with Crippen LogP contribution in [0.2, 0.25) is 0 Å². The van der Waals surface area contributed by atoms with Crippen molar-refractivity contribution >= 4 is 11.7 Å². The molecular formula is C20H24N2O2. The summed E-state index contributed by atoms with van der Waals surface area (Å²) in [6.07, 6.45) is 2.28. The Kier molecular flexibility index (Phi) is 4.31. The molecule has 1 atom stereocenters. The summed E-state index contributed by atoms with van der Waals surface area (Å²) in [5, 5.41) is 3.17. The number of aromatic nitrogens is 1. The van der Waals surface area contributed by atoms with Gasteiger partial charge in [0.15, 0.2) is 5.78 Å². The molecule has 0 spiro atoms. The van der Waals surface area contributed by atoms with Crippen LogP contribution < -0.4 is 5.32 Å². The number of aryl methyl sites for hydroxylation is 2. The quantitative estimate of drug-likeness (QED) is 0.816. The zero-order valence-corrected chi connectivity index (χ0v) is 14.7. The Hall–Kier alpha value is -2.36. The molecule has 1 heterocycles. The number of benzene rings is 1. The van der Waals surface area contributed by atoms with E-state index in [0.29, 0.717) is 17.2 Å². The van der Waals surface area contributed by atoms with Crippen molar-refractivity contribution in [3.63, 3.8) is 0 Å². The number of Topliss-reactive ketones (excluding diaryl/α,β-unsaturated/α-hetero) is 1. The van der Waals surface area contributed by atoms with Crippen molar-refractivity contribution in [2.75, 3.05) is 0 Å². The molecule has 0 radical (unpaired) electrons. The fraction of sp³-hybridized carbons (Fsp3) is 0.400. The normalized spacial score (nSPS) is 15.2. The lowest BCUT2D eigenvalue weighted by atomic mass is 10.0. The Morgan fingerprint density at radius 3 is 2.25 bits per heavy atom. The highest BCUT2D eigenvalue weighted by molar-refractivity contribution is 6.02. The fourth-order valence-corrected chi connectivity index (χ4v) is 3.40. The maximum Gasteiger partial charge on any atom is 0.268 e. The minimum absolute atomic E-state index is 0.0161. The average Bonchev–Trinajstić information content (AvgIpc) is 3.31. The number of H-pyrrole nitrogens is 1. The Labute approximate surface area is 142 Å². The van der Waals surface area contributed by atoms with Crippen LogP contribution in [0.3, 0.4) is 0 Å². The molecular weight excluding hydrogens is 300 g/mol. The van der Waals surface area contributed by atoms with Gasteiger partial charge in [-0.1, -0.05) is 29.8 Å². The number of carbonyl (C=O) groups is 2. The lowest BCUT2D eigenvalue weighted by Gasteiger charge is -2.19. The van der Waals surface area contributed by atoms with Crippen molar-refractivity contribution in [1.29, 1.82) is 0 Å². The topological polar surface area (TPSA) is 62.0 Å². The summed E-state index contributed by atoms with van der Waals surface area (Å²) in [4.78, 5) is 27.6. The highest BCUT2D eigenvalue weighted by Gasteiger charge is 2.34. The van der Waals surface area contributed by atoms with E-state index in [1.807, 2.05) is 13.8 Å². The summed E-state index contributed by atoms with van der Waals surface area (Å²) in [5.74, 6) is 0.346. The number of hydrogen-bond donors (Lipinski definition) is 2. The second kappa shape index (κ2) is 6.27. The van der Waals surface area contributed by atoms with Crippen LogP contribution in [0.25, 0.3) is 0 Å². The molecule has 0 saturated heterocycles. The minimum atomic E-state index is -0.138. The smallest absolute Gasteiger partial charge is 0.268 e. The second-order valence-corrected chi connectivity index (χ2v) is 6.88. The van der Waals surface area contributed by atoms with Crippen LogP contribution >= 0.6 is 0 Å². The maximum atomic E-state index is 12.8. The molecule has 126 valence electrons. The van der Waals surface area contributed by atoms with Gasteiger partial charge in [0.25, 0.3) is 5.91 Å². The highest BCUT2D eigenvalue weighted by Crippen LogP contribution is 2.41. The van der Waals surface area contributed by atoms with Gasteiger partial charge in [-0.2, -0.15) is 0 Å². The van der Waals surface area contributed by atoms with Gasteiger partial charge >= 0.3 is 0 Å². The van der Waals surface area contributed by atoms with E-state index in [9.17, 15) is 9.59 Å². The van der Waals surface area contributed by atoms with E-state index in [1.165, 1.54) is 12.5 Å². The molecule has 1 saturated carbocycles. The van der Waals surface area contributed by atoms with E-state index < -0.39 is 0 Å². The predicted octanol–water partition coefficient (Wildman–Crippen LogP) is 4.02. The van der Waals surface area contributed by atoms with Crippen LogP contribution in [0, 0.1) is 26.7 Å². The standard InChI is InChI=1S/C20H24N2O2/c1-11-5-7-15(8-6-11)19(16-9-10-16)22-20(24)18-12(2)17(14(4)23)13(3)21-18/h5-8,16,19,21H,9-10H2,1-4H3,(H,22,24). The van der Waals surface area contributed by atoms with Gasteiger partial charge in [0.05, 0.1) is 6.04 Å². The zero-order chi connectivity index (χ0) is 17.4. The molecule has 24 heavy (non-hydrogen) atoms. The molecule has 0 bridgehead atoms. The molecule has 1 amide bonds. The van der Waals surface area contributed by atoms with Gasteiger partial charge in [-0.05, 0) is 57.6 Å². The molecule has 4 nitrogen and oxygen atoms in total. The van der Waals surface area contributed by atoms with E-state index in [1.54, 1.807) is 0 Å². The van der Waals surface area contributed by atoms with Crippen LogP contribution in [-0.4, -0.2) is 16.7 Å². The Morgan fingerprint density at radius 2 is 1.75 bits per heavy atom. The summed E-state index contributed by atoms with van der Waals surface area (Å²) in [7, 11) is 0. The SMILES string of the molecule is CC(=O)c1c(C)[nH]c(C(=O)NC(c2ccc(C)cc2)C2CC2)c1C. The molecule has 0 aliphatic heterocycles. The molecule has 2 aromatic rings. The predicted molar refractivity (Wildman–Crippen MR) is 94.4 cm³/mol. The third kappa shape index (κ3) is 3.14. The third-order valence-corrected chi connectivity index (χ3v) is 4.83. The molecule has 1 aliphatic rings. The first-order valence-electron chi connectivity index (χ1n) is 8.46. The van der Waals surface area contributed by atoms with Gasteiger partial charge in [0.2, 0.25) is 0 Å². The zero-order valence-electron chi connectivity index (χ0n) is 14.7. The van der Waals surface area contributed by atoms with Crippen molar-refractivity contribution in [3.8, 4) is 0 Å². The number of aromatic amines is 1. The van der Waals surface area contributed by atoms with Gasteiger partial charge in [-0.25, -0.2) is 0 Å². The molecule has 1 fully saturated rings. The number of hydrogen-bond acceptors (Lipinski definition) is 2. The van der Waals surface area contributed by atoms with Crippen LogP contribution in [0.4, 0.5) is 0 Å². The van der Waals surface area contributed by atoms with E-state index in [4.69, 9.17) is 0 Å². The largest absolute Gasteiger partial charge is 0.354 e. The molecule has 1 unspecified atom stereocenters. The average molecular weight is 324 g/mol. The van der Waals surface area contributed by atoms with Crippen LogP contribution in [0.1, 0.15) is 69.0 Å². The van der Waals surface area contributed by atoms with Gasteiger partial charge in [0.1, 0.15) is 5.69 Å². The monoisotopic (exact) mass is 324 g/mol. The summed E-state index contributed by atoms with van der Waals surface area (Å²) >= 11 is 0. The fourth-order valence-electron chi connectivity index (χ4n) is 3.40. The highest BCUT2D eigenvalue weighted by atomic mass is 16.2. The Morgan fingerprint density at radius 1 is 1.12 bits per heavy atom. The van der Waals surface area contributed by atoms with Crippen LogP contribution in [0.15, 0.2) is 24.3 Å². The summed E-state index contributed by atoms with van der Waals surface area (Å²) in [6.45, 7) is 7.25. The molecule has 3 rings (SSSR count). The van der Waals surface area contributed by atoms with Crippen molar-refractivity contribution in [3.05, 3.63) is 57.9 Å². The molecule has 1 aliphatic carbocycles. The summed E-state index contributed by atoms with van der Waals surface area (Å²) < 4.78 is 0. The first-order chi connectivity index (χ1) is 11.4. The Bertz CT molecular complexity index is 783. The van der Waals surface area contributed by atoms with Gasteiger partial charge in [0, 0.05) is 11.3 Å². The number of carbonyl (C=O) groups excluding carboxylic acids is 2. The first-order valence-corrected chi connectivity index (χ1v) is 8.46. The van der Waals surface area contributed by atoms with Crippen LogP contribution in [0.5, 0.6) is 0 Å². The molecule has 1 aromatic carbocycles.